The Morgan fingerprint density at radius 2 is 2.13 bits per heavy atom. The number of thioether (sulfide) groups is 1. The number of benzene rings is 1. The first kappa shape index (κ1) is 11.0. The van der Waals surface area contributed by atoms with Gasteiger partial charge in [0.2, 0.25) is 0 Å². The predicted molar refractivity (Wildman–Crippen MR) is 63.6 cm³/mol. The fraction of sp³-hybridized carbons (Fsp3) is 0.364. The molecule has 0 unspecified atom stereocenters. The van der Waals surface area contributed by atoms with E-state index < -0.39 is 4.75 Å². The van der Waals surface area contributed by atoms with Crippen LogP contribution in [-0.2, 0) is 0 Å². The van der Waals surface area contributed by atoms with Gasteiger partial charge in [0.25, 0.3) is 0 Å². The van der Waals surface area contributed by atoms with Gasteiger partial charge in [-0.15, -0.1) is 11.8 Å². The Hall–Kier alpha value is -0.500. The summed E-state index contributed by atoms with van der Waals surface area (Å²) in [6.07, 6.45) is 0.824. The highest BCUT2D eigenvalue weighted by molar-refractivity contribution is 9.10. The number of hydrogen-bond acceptors (Lipinski definition) is 3. The maximum absolute atomic E-state index is 9.29. The summed E-state index contributed by atoms with van der Waals surface area (Å²) in [5.74, 6) is 0. The van der Waals surface area contributed by atoms with Crippen LogP contribution in [0.15, 0.2) is 33.6 Å². The van der Waals surface area contributed by atoms with Crippen LogP contribution in [0, 0.1) is 11.3 Å². The van der Waals surface area contributed by atoms with Crippen molar-refractivity contribution in [1.29, 1.82) is 5.26 Å². The lowest BCUT2D eigenvalue weighted by Crippen LogP contribution is -2.43. The zero-order valence-electron chi connectivity index (χ0n) is 7.98. The largest absolute Gasteiger partial charge is 0.393 e. The van der Waals surface area contributed by atoms with Gasteiger partial charge in [-0.25, -0.2) is 0 Å². The highest BCUT2D eigenvalue weighted by Crippen LogP contribution is 2.48. The Morgan fingerprint density at radius 3 is 2.67 bits per heavy atom. The summed E-state index contributed by atoms with van der Waals surface area (Å²) in [6.45, 7) is 0. The van der Waals surface area contributed by atoms with Crippen molar-refractivity contribution in [1.82, 2.24) is 0 Å². The second kappa shape index (κ2) is 4.17. The molecule has 0 amide bonds. The van der Waals surface area contributed by atoms with Gasteiger partial charge < -0.3 is 5.11 Å². The molecule has 0 aromatic heterocycles. The molecule has 78 valence electrons. The Balaban J connectivity index is 2.16. The molecule has 1 fully saturated rings. The molecular weight excluding hydrogens is 274 g/mol. The quantitative estimate of drug-likeness (QED) is 0.908. The minimum Gasteiger partial charge on any atom is -0.393 e. The second-order valence-electron chi connectivity index (χ2n) is 3.70. The topological polar surface area (TPSA) is 44.0 Å². The Kier molecular flexibility index (Phi) is 3.06. The van der Waals surface area contributed by atoms with Crippen LogP contribution in [-0.4, -0.2) is 16.0 Å². The first-order chi connectivity index (χ1) is 7.15. The van der Waals surface area contributed by atoms with E-state index in [9.17, 15) is 5.11 Å². The van der Waals surface area contributed by atoms with Crippen molar-refractivity contribution in [3.05, 3.63) is 28.7 Å². The van der Waals surface area contributed by atoms with Crippen molar-refractivity contribution in [2.24, 2.45) is 0 Å². The predicted octanol–water partition coefficient (Wildman–Crippen LogP) is 2.96. The fourth-order valence-corrected chi connectivity index (χ4v) is 3.49. The minimum atomic E-state index is -0.427. The lowest BCUT2D eigenvalue weighted by molar-refractivity contribution is 0.0803. The number of nitriles is 1. The summed E-state index contributed by atoms with van der Waals surface area (Å²) in [6, 6.07) is 10.1. The Bertz CT molecular complexity index is 409. The van der Waals surface area contributed by atoms with Gasteiger partial charge in [0.05, 0.1) is 12.2 Å². The van der Waals surface area contributed by atoms with E-state index in [1.165, 1.54) is 0 Å². The van der Waals surface area contributed by atoms with E-state index in [1.807, 2.05) is 24.3 Å². The second-order valence-corrected chi connectivity index (χ2v) is 5.98. The van der Waals surface area contributed by atoms with Crippen LogP contribution in [0.1, 0.15) is 12.8 Å². The number of rotatable bonds is 2. The van der Waals surface area contributed by atoms with Crippen LogP contribution in [0.2, 0.25) is 0 Å². The summed E-state index contributed by atoms with van der Waals surface area (Å²) in [5.41, 5.74) is 0. The third kappa shape index (κ3) is 2.20. The summed E-state index contributed by atoms with van der Waals surface area (Å²) >= 11 is 4.99. The first-order valence-corrected chi connectivity index (χ1v) is 6.29. The fourth-order valence-electron chi connectivity index (χ4n) is 1.64. The van der Waals surface area contributed by atoms with E-state index in [0.29, 0.717) is 12.8 Å². The van der Waals surface area contributed by atoms with E-state index in [1.54, 1.807) is 11.8 Å². The Labute approximate surface area is 101 Å². The first-order valence-electron chi connectivity index (χ1n) is 4.68. The summed E-state index contributed by atoms with van der Waals surface area (Å²) in [7, 11) is 0. The monoisotopic (exact) mass is 283 g/mol. The third-order valence-corrected chi connectivity index (χ3v) is 4.82. The molecule has 0 radical (unpaired) electrons. The molecule has 2 rings (SSSR count). The molecule has 1 aromatic rings. The molecule has 1 aliphatic carbocycles. The normalized spacial score (nSPS) is 29.3. The number of nitrogens with zero attached hydrogens (tertiary/aromatic N) is 1. The van der Waals surface area contributed by atoms with Crippen LogP contribution in [0.5, 0.6) is 0 Å². The van der Waals surface area contributed by atoms with Crippen molar-refractivity contribution in [2.45, 2.75) is 28.6 Å². The van der Waals surface area contributed by atoms with Crippen LogP contribution in [0.4, 0.5) is 0 Å². The van der Waals surface area contributed by atoms with Gasteiger partial charge in [-0.2, -0.15) is 5.26 Å². The average Bonchev–Trinajstić information content (AvgIpc) is 2.18. The minimum absolute atomic E-state index is 0.306. The summed E-state index contributed by atoms with van der Waals surface area (Å²) in [4.78, 5) is 1.06. The molecule has 0 bridgehead atoms. The Morgan fingerprint density at radius 1 is 1.47 bits per heavy atom. The van der Waals surface area contributed by atoms with Crippen LogP contribution in [0.25, 0.3) is 0 Å². The molecule has 0 saturated heterocycles. The number of hydrogen-bond donors (Lipinski definition) is 1. The third-order valence-electron chi connectivity index (χ3n) is 2.48. The average molecular weight is 284 g/mol. The molecule has 0 aliphatic heterocycles. The van der Waals surface area contributed by atoms with Crippen molar-refractivity contribution in [3.8, 4) is 6.07 Å². The standard InChI is InChI=1S/C11H10BrNOS/c12-9-3-1-2-4-10(9)15-11(7-13)5-8(14)6-11/h1-4,8,14H,5-6H2. The highest BCUT2D eigenvalue weighted by atomic mass is 79.9. The molecule has 1 saturated carbocycles. The van der Waals surface area contributed by atoms with Crippen molar-refractivity contribution >= 4 is 27.7 Å². The molecule has 1 aromatic carbocycles. The maximum atomic E-state index is 9.29. The van der Waals surface area contributed by atoms with Crippen molar-refractivity contribution in [3.63, 3.8) is 0 Å². The molecule has 1 N–H and O–H groups in total. The van der Waals surface area contributed by atoms with Gasteiger partial charge in [0.1, 0.15) is 4.75 Å². The summed E-state index contributed by atoms with van der Waals surface area (Å²) in [5, 5.41) is 18.4. The molecule has 15 heavy (non-hydrogen) atoms. The molecule has 0 heterocycles. The molecular formula is C11H10BrNOS. The SMILES string of the molecule is N#CC1(Sc2ccccc2Br)CC(O)C1. The number of aliphatic hydroxyl groups excluding tert-OH is 1. The maximum Gasteiger partial charge on any atom is 0.112 e. The van der Waals surface area contributed by atoms with Crippen LogP contribution < -0.4 is 0 Å². The van der Waals surface area contributed by atoms with E-state index in [2.05, 4.69) is 22.0 Å². The van der Waals surface area contributed by atoms with Gasteiger partial charge in [0, 0.05) is 22.2 Å². The lowest BCUT2D eigenvalue weighted by Gasteiger charge is -2.38. The lowest BCUT2D eigenvalue weighted by atomic mass is 9.82. The molecule has 4 heteroatoms. The van der Waals surface area contributed by atoms with Crippen LogP contribution >= 0.6 is 27.7 Å². The summed E-state index contributed by atoms with van der Waals surface area (Å²) < 4.78 is 0.578. The van der Waals surface area contributed by atoms with E-state index >= 15 is 0 Å². The molecule has 0 spiro atoms. The zero-order chi connectivity index (χ0) is 10.9. The van der Waals surface area contributed by atoms with E-state index in [0.717, 1.165) is 9.37 Å². The molecule has 2 nitrogen and oxygen atoms in total. The van der Waals surface area contributed by atoms with Crippen LogP contribution in [0.3, 0.4) is 0 Å². The smallest absolute Gasteiger partial charge is 0.112 e. The van der Waals surface area contributed by atoms with Gasteiger partial charge in [-0.1, -0.05) is 12.1 Å². The molecule has 0 atom stereocenters. The number of aliphatic hydroxyl groups is 1. The van der Waals surface area contributed by atoms with Crippen molar-refractivity contribution in [2.75, 3.05) is 0 Å². The van der Waals surface area contributed by atoms with Gasteiger partial charge in [0.15, 0.2) is 0 Å². The van der Waals surface area contributed by atoms with Gasteiger partial charge >= 0.3 is 0 Å². The van der Waals surface area contributed by atoms with Gasteiger partial charge in [-0.3, -0.25) is 0 Å². The zero-order valence-corrected chi connectivity index (χ0v) is 10.4. The van der Waals surface area contributed by atoms with Crippen molar-refractivity contribution < 1.29 is 5.11 Å². The van der Waals surface area contributed by atoms with E-state index in [-0.39, 0.29) is 6.10 Å². The molecule has 1 aliphatic rings. The number of halogens is 1. The van der Waals surface area contributed by atoms with E-state index in [4.69, 9.17) is 5.26 Å². The highest BCUT2D eigenvalue weighted by Gasteiger charge is 2.45. The van der Waals surface area contributed by atoms with Gasteiger partial charge in [-0.05, 0) is 28.1 Å².